The third kappa shape index (κ3) is 6.81. The molecule has 0 unspecified atom stereocenters. The van der Waals surface area contributed by atoms with Gasteiger partial charge in [-0.25, -0.2) is 18.2 Å². The van der Waals surface area contributed by atoms with Crippen molar-refractivity contribution in [3.8, 4) is 0 Å². The monoisotopic (exact) mass is 508 g/mol. The van der Waals surface area contributed by atoms with E-state index in [0.29, 0.717) is 28.1 Å². The number of rotatable bonds is 5. The van der Waals surface area contributed by atoms with Crippen molar-refractivity contribution in [2.24, 2.45) is 0 Å². The largest absolute Gasteiger partial charge is 0.285 e. The zero-order valence-corrected chi connectivity index (χ0v) is 21.1. The van der Waals surface area contributed by atoms with E-state index in [1.54, 1.807) is 35.2 Å². The van der Waals surface area contributed by atoms with Crippen molar-refractivity contribution < 1.29 is 13.2 Å². The average Bonchev–Trinajstić information content (AvgIpc) is 2.87. The van der Waals surface area contributed by atoms with Crippen molar-refractivity contribution in [1.29, 1.82) is 0 Å². The van der Waals surface area contributed by atoms with Crippen molar-refractivity contribution in [3.63, 3.8) is 0 Å². The van der Waals surface area contributed by atoms with Crippen LogP contribution in [0.4, 0.5) is 13.2 Å². The minimum atomic E-state index is -2.47. The van der Waals surface area contributed by atoms with Gasteiger partial charge in [-0.15, -0.1) is 0 Å². The second kappa shape index (κ2) is 12.1. The van der Waals surface area contributed by atoms with Gasteiger partial charge in [0.2, 0.25) is 6.43 Å². The molecule has 0 atom stereocenters. The summed E-state index contributed by atoms with van der Waals surface area (Å²) in [5.41, 5.74) is 4.35. The van der Waals surface area contributed by atoms with Gasteiger partial charge in [0, 0.05) is 24.4 Å². The molecule has 0 bridgehead atoms. The smallest absolute Gasteiger partial charge is 0.256 e. The Morgan fingerprint density at radius 3 is 2.49 bits per heavy atom. The van der Waals surface area contributed by atoms with Crippen LogP contribution in [0, 0.1) is 19.7 Å². The highest BCUT2D eigenvalue weighted by Crippen LogP contribution is 2.32. The van der Waals surface area contributed by atoms with Gasteiger partial charge in [0.05, 0.1) is 17.9 Å². The normalized spacial score (nSPS) is 14.0. The zero-order chi connectivity index (χ0) is 26.4. The van der Waals surface area contributed by atoms with Crippen LogP contribution in [-0.2, 0) is 13.0 Å². The first-order valence-electron chi connectivity index (χ1n) is 12.6. The van der Waals surface area contributed by atoms with Gasteiger partial charge in [0.25, 0.3) is 5.56 Å². The summed E-state index contributed by atoms with van der Waals surface area (Å²) in [4.78, 5) is 26.8. The van der Waals surface area contributed by atoms with Crippen molar-refractivity contribution in [1.82, 2.24) is 19.5 Å². The maximum atomic E-state index is 13.5. The van der Waals surface area contributed by atoms with Crippen LogP contribution in [0.1, 0.15) is 66.1 Å². The third-order valence-electron chi connectivity index (χ3n) is 6.63. The SMILES string of the molecule is Cc1cccc(F)c1.Cc1cnc2cc(C3CCCCC3)c(=O)n(Cc3ncccc3CC(F)F)c2n1. The molecule has 4 aromatic rings. The summed E-state index contributed by atoms with van der Waals surface area (Å²) in [7, 11) is 0. The number of pyridine rings is 2. The lowest BCUT2D eigenvalue weighted by atomic mass is 9.84. The van der Waals surface area contributed by atoms with E-state index in [1.165, 1.54) is 18.6 Å². The van der Waals surface area contributed by atoms with Crippen LogP contribution in [0.5, 0.6) is 0 Å². The number of benzene rings is 1. The van der Waals surface area contributed by atoms with Gasteiger partial charge >= 0.3 is 0 Å². The van der Waals surface area contributed by atoms with E-state index in [4.69, 9.17) is 0 Å². The molecule has 5 rings (SSSR count). The predicted octanol–water partition coefficient (Wildman–Crippen LogP) is 6.53. The van der Waals surface area contributed by atoms with E-state index < -0.39 is 6.43 Å². The molecule has 8 heteroatoms. The summed E-state index contributed by atoms with van der Waals surface area (Å²) in [6, 6.07) is 11.7. The number of aromatic nitrogens is 4. The van der Waals surface area contributed by atoms with Gasteiger partial charge < -0.3 is 0 Å². The van der Waals surface area contributed by atoms with E-state index in [9.17, 15) is 18.0 Å². The number of hydrogen-bond acceptors (Lipinski definition) is 4. The Labute approximate surface area is 214 Å². The minimum Gasteiger partial charge on any atom is -0.285 e. The average molecular weight is 509 g/mol. The summed E-state index contributed by atoms with van der Waals surface area (Å²) in [6.45, 7) is 3.79. The van der Waals surface area contributed by atoms with Crippen molar-refractivity contribution >= 4 is 11.2 Å². The number of fused-ring (bicyclic) bond motifs is 1. The molecule has 0 saturated heterocycles. The van der Waals surface area contributed by atoms with Gasteiger partial charge in [0.15, 0.2) is 5.65 Å². The fourth-order valence-corrected chi connectivity index (χ4v) is 4.81. The number of hydrogen-bond donors (Lipinski definition) is 0. The molecule has 1 saturated carbocycles. The third-order valence-corrected chi connectivity index (χ3v) is 6.63. The summed E-state index contributed by atoms with van der Waals surface area (Å²) in [5, 5.41) is 0. The fourth-order valence-electron chi connectivity index (χ4n) is 4.81. The second-order valence-corrected chi connectivity index (χ2v) is 9.55. The van der Waals surface area contributed by atoms with Crippen molar-refractivity contribution in [2.45, 2.75) is 71.3 Å². The Balaban J connectivity index is 0.000000342. The first-order valence-corrected chi connectivity index (χ1v) is 12.6. The molecule has 0 N–H and O–H groups in total. The molecular weight excluding hydrogens is 477 g/mol. The lowest BCUT2D eigenvalue weighted by molar-refractivity contribution is 0.148. The van der Waals surface area contributed by atoms with Gasteiger partial charge in [-0.2, -0.15) is 0 Å². The maximum absolute atomic E-state index is 13.5. The number of alkyl halides is 2. The summed E-state index contributed by atoms with van der Waals surface area (Å²) in [5.74, 6) is 0.0456. The predicted molar refractivity (Wildman–Crippen MR) is 139 cm³/mol. The molecule has 3 heterocycles. The lowest BCUT2D eigenvalue weighted by Gasteiger charge is -2.23. The molecule has 1 aliphatic rings. The zero-order valence-electron chi connectivity index (χ0n) is 21.1. The first kappa shape index (κ1) is 26.5. The molecule has 1 aliphatic carbocycles. The molecule has 0 amide bonds. The number of halogens is 3. The topological polar surface area (TPSA) is 60.7 Å². The van der Waals surface area contributed by atoms with E-state index in [-0.39, 0.29) is 30.3 Å². The molecular formula is C29H31F3N4O. The van der Waals surface area contributed by atoms with Crippen LogP contribution in [0.25, 0.3) is 11.2 Å². The second-order valence-electron chi connectivity index (χ2n) is 9.55. The van der Waals surface area contributed by atoms with Gasteiger partial charge in [0.1, 0.15) is 11.3 Å². The lowest BCUT2D eigenvalue weighted by Crippen LogP contribution is -2.28. The van der Waals surface area contributed by atoms with E-state index in [1.807, 2.05) is 26.0 Å². The summed E-state index contributed by atoms with van der Waals surface area (Å²) in [6.07, 6.45) is 5.79. The summed E-state index contributed by atoms with van der Waals surface area (Å²) >= 11 is 0. The van der Waals surface area contributed by atoms with Crippen molar-refractivity contribution in [2.75, 3.05) is 0 Å². The first-order chi connectivity index (χ1) is 17.8. The fraction of sp³-hybridized carbons (Fsp3) is 0.379. The summed E-state index contributed by atoms with van der Waals surface area (Å²) < 4.78 is 39.8. The van der Waals surface area contributed by atoms with Crippen molar-refractivity contribution in [3.05, 3.63) is 99.1 Å². The van der Waals surface area contributed by atoms with Crippen LogP contribution >= 0.6 is 0 Å². The van der Waals surface area contributed by atoms with Crippen LogP contribution in [0.15, 0.2) is 59.7 Å². The Bertz CT molecular complexity index is 1400. The Morgan fingerprint density at radius 1 is 1.03 bits per heavy atom. The van der Waals surface area contributed by atoms with Gasteiger partial charge in [-0.3, -0.25) is 19.3 Å². The van der Waals surface area contributed by atoms with E-state index >= 15 is 0 Å². The maximum Gasteiger partial charge on any atom is 0.256 e. The van der Waals surface area contributed by atoms with E-state index in [2.05, 4.69) is 15.0 Å². The minimum absolute atomic E-state index is 0.108. The highest BCUT2D eigenvalue weighted by Gasteiger charge is 2.22. The Kier molecular flexibility index (Phi) is 8.69. The molecule has 5 nitrogen and oxygen atoms in total. The molecule has 37 heavy (non-hydrogen) atoms. The number of aryl methyl sites for hydroxylation is 2. The van der Waals surface area contributed by atoms with Crippen LogP contribution in [-0.4, -0.2) is 25.9 Å². The highest BCUT2D eigenvalue weighted by molar-refractivity contribution is 5.71. The quantitative estimate of drug-likeness (QED) is 0.307. The molecule has 3 aromatic heterocycles. The van der Waals surface area contributed by atoms with E-state index in [0.717, 1.165) is 36.8 Å². The van der Waals surface area contributed by atoms with Crippen LogP contribution in [0.2, 0.25) is 0 Å². The number of nitrogens with zero attached hydrogens (tertiary/aromatic N) is 4. The highest BCUT2D eigenvalue weighted by atomic mass is 19.3. The Morgan fingerprint density at radius 2 is 1.81 bits per heavy atom. The van der Waals surface area contributed by atoms with Gasteiger partial charge in [-0.1, -0.05) is 37.5 Å². The molecule has 1 fully saturated rings. The molecule has 0 aliphatic heterocycles. The molecule has 0 spiro atoms. The molecule has 194 valence electrons. The van der Waals surface area contributed by atoms with Gasteiger partial charge in [-0.05, 0) is 68.0 Å². The molecule has 1 aromatic carbocycles. The van der Waals surface area contributed by atoms with Crippen LogP contribution in [0.3, 0.4) is 0 Å². The van der Waals surface area contributed by atoms with Crippen LogP contribution < -0.4 is 5.56 Å². The molecule has 0 radical (unpaired) electrons. The standard InChI is InChI=1S/C22H24F2N4O.C7H7F/c1-14-12-26-18-11-17(15-6-3-2-4-7-15)22(29)28(21(18)27-14)13-19-16(10-20(23)24)8-5-9-25-19;1-6-3-2-4-7(8)5-6/h5,8-9,11-12,15,20H,2-4,6-7,10,13H2,1H3;2-5H,1H3. The Hall–Kier alpha value is -3.55.